The van der Waals surface area contributed by atoms with Crippen molar-refractivity contribution in [2.45, 2.75) is 32.5 Å². The molecule has 2 aromatic carbocycles. The number of hydrogen-bond acceptors (Lipinski definition) is 5. The lowest BCUT2D eigenvalue weighted by Crippen LogP contribution is -2.49. The van der Waals surface area contributed by atoms with E-state index in [9.17, 15) is 32.8 Å². The Morgan fingerprint density at radius 2 is 1.89 bits per heavy atom. The average molecular weight is 529 g/mol. The second-order valence-electron chi connectivity index (χ2n) is 8.75. The molecule has 1 aliphatic rings. The second-order valence-corrected chi connectivity index (χ2v) is 8.75. The van der Waals surface area contributed by atoms with E-state index in [1.165, 1.54) is 63.2 Å². The highest BCUT2D eigenvalue weighted by Gasteiger charge is 2.41. The summed E-state index contributed by atoms with van der Waals surface area (Å²) >= 11 is 0. The van der Waals surface area contributed by atoms with Crippen molar-refractivity contribution in [1.82, 2.24) is 10.2 Å². The van der Waals surface area contributed by atoms with E-state index in [0.29, 0.717) is 25.1 Å². The molecule has 1 heterocycles. The molecular formula is C27H27F3N4O4. The van der Waals surface area contributed by atoms with E-state index in [1.54, 1.807) is 0 Å². The van der Waals surface area contributed by atoms with Gasteiger partial charge in [0.15, 0.2) is 5.78 Å². The van der Waals surface area contributed by atoms with Crippen LogP contribution < -0.4 is 10.2 Å². The summed E-state index contributed by atoms with van der Waals surface area (Å²) in [5.41, 5.74) is -0.117. The van der Waals surface area contributed by atoms with Crippen molar-refractivity contribution in [1.29, 1.82) is 5.26 Å². The fraction of sp³-hybridized carbons (Fsp3) is 0.333. The number of alkyl halides is 3. The molecule has 1 N–H and O–H groups in total. The zero-order valence-corrected chi connectivity index (χ0v) is 21.3. The number of amides is 3. The van der Waals surface area contributed by atoms with E-state index in [2.05, 4.69) is 5.32 Å². The Morgan fingerprint density at radius 3 is 2.50 bits per heavy atom. The van der Waals surface area contributed by atoms with Crippen LogP contribution in [-0.2, 0) is 15.7 Å². The van der Waals surface area contributed by atoms with E-state index in [0.717, 1.165) is 17.0 Å². The molecule has 0 radical (unpaired) electrons. The topological polar surface area (TPSA) is 103 Å². The molecular weight excluding hydrogens is 501 g/mol. The van der Waals surface area contributed by atoms with Gasteiger partial charge in [-0.1, -0.05) is 12.1 Å². The van der Waals surface area contributed by atoms with Crippen LogP contribution in [0.4, 0.5) is 23.7 Å². The minimum atomic E-state index is -4.63. The maximum Gasteiger partial charge on any atom is 0.416 e. The van der Waals surface area contributed by atoms with Crippen molar-refractivity contribution in [2.24, 2.45) is 0 Å². The molecule has 0 saturated heterocycles. The molecule has 3 amide bonds. The highest BCUT2D eigenvalue weighted by atomic mass is 19.4. The van der Waals surface area contributed by atoms with Gasteiger partial charge in [-0.2, -0.15) is 18.4 Å². The molecule has 0 spiro atoms. The van der Waals surface area contributed by atoms with Crippen LogP contribution >= 0.6 is 0 Å². The van der Waals surface area contributed by atoms with Crippen molar-refractivity contribution in [3.8, 4) is 6.07 Å². The van der Waals surface area contributed by atoms with Gasteiger partial charge in [0.25, 0.3) is 5.91 Å². The van der Waals surface area contributed by atoms with Gasteiger partial charge in [0.2, 0.25) is 0 Å². The van der Waals surface area contributed by atoms with E-state index < -0.39 is 35.5 Å². The van der Waals surface area contributed by atoms with Crippen molar-refractivity contribution in [3.63, 3.8) is 0 Å². The van der Waals surface area contributed by atoms with E-state index >= 15 is 0 Å². The molecule has 3 rings (SSSR count). The summed E-state index contributed by atoms with van der Waals surface area (Å²) in [7, 11) is 2.94. The zero-order valence-electron chi connectivity index (χ0n) is 21.3. The molecule has 1 atom stereocenters. The van der Waals surface area contributed by atoms with Crippen LogP contribution in [-0.4, -0.2) is 49.9 Å². The first kappa shape index (κ1) is 28.4. The summed E-state index contributed by atoms with van der Waals surface area (Å²) in [6, 6.07) is 8.90. The number of nitriles is 1. The van der Waals surface area contributed by atoms with Gasteiger partial charge in [-0.3, -0.25) is 14.5 Å². The molecule has 1 unspecified atom stereocenters. The van der Waals surface area contributed by atoms with Crippen LogP contribution in [0.2, 0.25) is 0 Å². The lowest BCUT2D eigenvalue weighted by Gasteiger charge is -2.41. The molecule has 2 aromatic rings. The van der Waals surface area contributed by atoms with E-state index in [1.807, 2.05) is 6.07 Å². The third kappa shape index (κ3) is 5.70. The number of carbonyl (C=O) groups is 3. The van der Waals surface area contributed by atoms with Gasteiger partial charge in [-0.25, -0.2) is 4.79 Å². The Kier molecular flexibility index (Phi) is 8.58. The van der Waals surface area contributed by atoms with Gasteiger partial charge < -0.3 is 15.0 Å². The van der Waals surface area contributed by atoms with Gasteiger partial charge >= 0.3 is 12.2 Å². The number of benzene rings is 2. The lowest BCUT2D eigenvalue weighted by molar-refractivity contribution is -0.137. The SMILES string of the molecule is COCCCNC(=O)c1cc(C#N)ccc1C1C(C(C)=O)=C(C)N(c2cccc(C(F)(F)F)c2)C(=O)N1C. The van der Waals surface area contributed by atoms with Gasteiger partial charge in [-0.15, -0.1) is 0 Å². The number of rotatable bonds is 8. The number of Topliss-reactive ketones (excluding diaryl/α,β-unsaturated/α-hetero) is 1. The average Bonchev–Trinajstić information content (AvgIpc) is 2.87. The van der Waals surface area contributed by atoms with Crippen LogP contribution in [0.15, 0.2) is 53.7 Å². The highest BCUT2D eigenvalue weighted by molar-refractivity contribution is 6.06. The van der Waals surface area contributed by atoms with Gasteiger partial charge in [0.05, 0.1) is 28.9 Å². The molecule has 0 fully saturated rings. The first-order valence-corrected chi connectivity index (χ1v) is 11.7. The maximum atomic E-state index is 13.6. The van der Waals surface area contributed by atoms with Crippen molar-refractivity contribution in [2.75, 3.05) is 32.2 Å². The number of methoxy groups -OCH3 is 1. The van der Waals surface area contributed by atoms with Crippen molar-refractivity contribution in [3.05, 3.63) is 76.0 Å². The molecule has 1 aliphatic heterocycles. The number of likely N-dealkylation sites (N-methyl/N-ethyl adjacent to an activating group) is 1. The molecule has 11 heteroatoms. The number of carbonyl (C=O) groups excluding carboxylic acids is 3. The number of allylic oxidation sites excluding steroid dienone is 1. The van der Waals surface area contributed by atoms with Crippen LogP contribution in [0, 0.1) is 11.3 Å². The fourth-order valence-corrected chi connectivity index (χ4v) is 4.43. The fourth-order valence-electron chi connectivity index (χ4n) is 4.43. The molecule has 38 heavy (non-hydrogen) atoms. The summed E-state index contributed by atoms with van der Waals surface area (Å²) in [4.78, 5) is 41.9. The number of ether oxygens (including phenoxy) is 1. The highest BCUT2D eigenvalue weighted by Crippen LogP contribution is 2.41. The third-order valence-electron chi connectivity index (χ3n) is 6.22. The number of halogens is 3. The Labute approximate surface area is 218 Å². The Balaban J connectivity index is 2.16. The number of hydrogen-bond donors (Lipinski definition) is 1. The summed E-state index contributed by atoms with van der Waals surface area (Å²) in [6.07, 6.45) is -4.08. The number of ketones is 1. The monoisotopic (exact) mass is 528 g/mol. The van der Waals surface area contributed by atoms with Crippen LogP contribution in [0.3, 0.4) is 0 Å². The Morgan fingerprint density at radius 1 is 1.18 bits per heavy atom. The number of nitrogens with one attached hydrogen (secondary N) is 1. The van der Waals surface area contributed by atoms with Gasteiger partial charge in [-0.05, 0) is 56.2 Å². The third-order valence-corrected chi connectivity index (χ3v) is 6.22. The Bertz CT molecular complexity index is 1330. The summed E-state index contributed by atoms with van der Waals surface area (Å²) in [5.74, 6) is -0.936. The minimum Gasteiger partial charge on any atom is -0.385 e. The summed E-state index contributed by atoms with van der Waals surface area (Å²) in [6.45, 7) is 3.48. The van der Waals surface area contributed by atoms with Gasteiger partial charge in [0, 0.05) is 44.1 Å². The Hall–Kier alpha value is -4.17. The normalized spacial score (nSPS) is 15.9. The standard InChI is InChI=1S/C27H27F3N4O4/c1-16-23(17(2)35)24(21-10-9-18(15-31)13-22(21)25(36)32-11-6-12-38-4)33(3)26(37)34(16)20-8-5-7-19(14-20)27(28,29)30/h5,7-10,13-14,24H,6,11-12H2,1-4H3,(H,32,36). The molecule has 0 saturated carbocycles. The maximum absolute atomic E-state index is 13.6. The molecule has 0 aliphatic carbocycles. The molecule has 0 aromatic heterocycles. The smallest absolute Gasteiger partial charge is 0.385 e. The predicted octanol–water partition coefficient (Wildman–Crippen LogP) is 4.82. The number of urea groups is 1. The molecule has 8 nitrogen and oxygen atoms in total. The van der Waals surface area contributed by atoms with Crippen molar-refractivity contribution >= 4 is 23.4 Å². The largest absolute Gasteiger partial charge is 0.416 e. The zero-order chi connectivity index (χ0) is 28.2. The summed E-state index contributed by atoms with van der Waals surface area (Å²) in [5, 5.41) is 12.1. The first-order chi connectivity index (χ1) is 17.9. The molecule has 200 valence electrons. The van der Waals surface area contributed by atoms with Crippen LogP contribution in [0.5, 0.6) is 0 Å². The lowest BCUT2D eigenvalue weighted by atomic mass is 9.87. The van der Waals surface area contributed by atoms with E-state index in [4.69, 9.17) is 4.74 Å². The number of nitrogens with zero attached hydrogens (tertiary/aromatic N) is 3. The van der Waals surface area contributed by atoms with Crippen LogP contribution in [0.1, 0.15) is 53.4 Å². The quantitative estimate of drug-likeness (QED) is 0.495. The van der Waals surface area contributed by atoms with Crippen molar-refractivity contribution < 1.29 is 32.3 Å². The minimum absolute atomic E-state index is 0.0534. The molecule has 0 bridgehead atoms. The van der Waals surface area contributed by atoms with Crippen LogP contribution in [0.25, 0.3) is 0 Å². The van der Waals surface area contributed by atoms with Gasteiger partial charge in [0.1, 0.15) is 0 Å². The first-order valence-electron chi connectivity index (χ1n) is 11.7. The summed E-state index contributed by atoms with van der Waals surface area (Å²) < 4.78 is 45.1. The second kappa shape index (κ2) is 11.5. The van der Waals surface area contributed by atoms with E-state index in [-0.39, 0.29) is 28.1 Å². The number of anilines is 1. The predicted molar refractivity (Wildman–Crippen MR) is 133 cm³/mol.